The molecule has 1 atom stereocenters. The average Bonchev–Trinajstić information content (AvgIpc) is 3.92. The first-order valence-corrected chi connectivity index (χ1v) is 23.4. The second-order valence-corrected chi connectivity index (χ2v) is 19.9. The first-order valence-electron chi connectivity index (χ1n) is 21.5. The predicted octanol–water partition coefficient (Wildman–Crippen LogP) is 7.11. The fraction of sp³-hybridized carbons (Fsp3) is 0.370. The first kappa shape index (κ1) is 43.4. The summed E-state index contributed by atoms with van der Waals surface area (Å²) < 4.78 is 37.2. The van der Waals surface area contributed by atoms with E-state index in [2.05, 4.69) is 60.8 Å². The van der Waals surface area contributed by atoms with E-state index in [-0.39, 0.29) is 22.8 Å². The molecule has 64 heavy (non-hydrogen) atoms. The van der Waals surface area contributed by atoms with Crippen LogP contribution >= 0.6 is 11.6 Å². The van der Waals surface area contributed by atoms with Gasteiger partial charge in [-0.05, 0) is 97.5 Å². The number of ether oxygens (including phenoxy) is 1. The summed E-state index contributed by atoms with van der Waals surface area (Å²) in [5.41, 5.74) is 7.14. The number of pyridine rings is 1. The molecule has 3 aromatic carbocycles. The van der Waals surface area contributed by atoms with Gasteiger partial charge in [0.2, 0.25) is 0 Å². The number of allylic oxidation sites excluding steroid dienone is 1. The number of carbonyl (C=O) groups is 1. The lowest BCUT2D eigenvalue weighted by Gasteiger charge is -2.39. The summed E-state index contributed by atoms with van der Waals surface area (Å²) in [7, 11) is -2.62. The van der Waals surface area contributed by atoms with E-state index in [0.29, 0.717) is 42.1 Å². The second kappa shape index (κ2) is 17.6. The number of hydrogen-bond donors (Lipinski definition) is 3. The number of carbonyl (C=O) groups excluding carboxylic acids is 1. The number of hydrogen-bond acceptors (Lipinski definition) is 12. The Hall–Kier alpha value is -5.85. The molecule has 0 unspecified atom stereocenters. The maximum Gasteiger partial charge on any atom is 0.293 e. The number of nitrogens with one attached hydrogen (secondary N) is 3. The quantitative estimate of drug-likeness (QED) is 0.0837. The van der Waals surface area contributed by atoms with Crippen LogP contribution in [0.3, 0.4) is 0 Å². The molecular formula is C46H51ClN10O6S. The highest BCUT2D eigenvalue weighted by molar-refractivity contribution is 7.90. The van der Waals surface area contributed by atoms with Crippen molar-refractivity contribution in [1.29, 1.82) is 0 Å². The van der Waals surface area contributed by atoms with Gasteiger partial charge in [0.15, 0.2) is 0 Å². The zero-order valence-electron chi connectivity index (χ0n) is 36.0. The molecule has 3 N–H and O–H groups in total. The summed E-state index contributed by atoms with van der Waals surface area (Å²) in [6.07, 6.45) is 6.39. The molecule has 334 valence electrons. The number of piperazine rings is 1. The molecular weight excluding hydrogens is 856 g/mol. The van der Waals surface area contributed by atoms with Crippen molar-refractivity contribution in [3.63, 3.8) is 0 Å². The molecule has 9 rings (SSSR count). The average molecular weight is 907 g/mol. The van der Waals surface area contributed by atoms with Gasteiger partial charge in [-0.15, -0.1) is 0 Å². The number of halogens is 1. The van der Waals surface area contributed by atoms with Gasteiger partial charge in [0, 0.05) is 80.7 Å². The highest BCUT2D eigenvalue weighted by Gasteiger charge is 2.31. The Balaban J connectivity index is 0.972. The maximum absolute atomic E-state index is 14.2. The lowest BCUT2D eigenvalue weighted by Crippen LogP contribution is -2.47. The summed E-state index contributed by atoms with van der Waals surface area (Å²) in [6, 6.07) is 20.8. The topological polar surface area (TPSA) is 184 Å². The van der Waals surface area contributed by atoms with Crippen molar-refractivity contribution in [2.75, 3.05) is 76.2 Å². The molecule has 1 amide bonds. The summed E-state index contributed by atoms with van der Waals surface area (Å²) in [6.45, 7) is 10.9. The van der Waals surface area contributed by atoms with Crippen LogP contribution in [0.4, 0.5) is 17.1 Å². The van der Waals surface area contributed by atoms with Crippen LogP contribution in [0.25, 0.3) is 33.3 Å². The van der Waals surface area contributed by atoms with E-state index in [1.165, 1.54) is 28.8 Å². The minimum atomic E-state index is -4.59. The number of morpholine rings is 1. The van der Waals surface area contributed by atoms with E-state index in [1.807, 2.05) is 43.4 Å². The van der Waals surface area contributed by atoms with Crippen LogP contribution in [0.15, 0.2) is 95.7 Å². The molecule has 3 aliphatic rings. The van der Waals surface area contributed by atoms with E-state index >= 15 is 0 Å². The molecule has 2 saturated heterocycles. The number of fused-ring (bicyclic) bond motifs is 2. The van der Waals surface area contributed by atoms with Gasteiger partial charge >= 0.3 is 0 Å². The van der Waals surface area contributed by atoms with Crippen molar-refractivity contribution in [2.24, 2.45) is 5.41 Å². The normalized spacial score (nSPS) is 18.8. The zero-order chi connectivity index (χ0) is 44.8. The highest BCUT2D eigenvalue weighted by Crippen LogP contribution is 2.43. The highest BCUT2D eigenvalue weighted by atomic mass is 35.5. The molecule has 6 aromatic rings. The molecule has 0 saturated carbocycles. The third kappa shape index (κ3) is 9.21. The Kier molecular flexibility index (Phi) is 11.9. The minimum Gasteiger partial charge on any atom is -0.377 e. The lowest BCUT2D eigenvalue weighted by atomic mass is 9.72. The Bertz CT molecular complexity index is 2890. The molecule has 1 aliphatic carbocycles. The summed E-state index contributed by atoms with van der Waals surface area (Å²) in [5, 5.41) is 21.4. The number of benzene rings is 3. The number of sulfonamides is 1. The zero-order valence-corrected chi connectivity index (χ0v) is 37.6. The maximum atomic E-state index is 14.2. The largest absolute Gasteiger partial charge is 0.377 e. The number of anilines is 2. The number of rotatable bonds is 12. The van der Waals surface area contributed by atoms with Gasteiger partial charge in [-0.25, -0.2) is 22.8 Å². The molecule has 18 heteroatoms. The fourth-order valence-corrected chi connectivity index (χ4v) is 10.1. The second-order valence-electron chi connectivity index (χ2n) is 17.8. The van der Waals surface area contributed by atoms with Gasteiger partial charge in [-0.2, -0.15) is 5.10 Å². The number of amides is 1. The third-order valence-electron chi connectivity index (χ3n) is 12.6. The smallest absolute Gasteiger partial charge is 0.293 e. The van der Waals surface area contributed by atoms with Gasteiger partial charge < -0.3 is 24.8 Å². The molecule has 5 heterocycles. The Labute approximate surface area is 376 Å². The molecule has 3 aromatic heterocycles. The first-order chi connectivity index (χ1) is 30.7. The third-order valence-corrected chi connectivity index (χ3v) is 14.2. The van der Waals surface area contributed by atoms with Crippen molar-refractivity contribution in [1.82, 2.24) is 34.3 Å². The predicted molar refractivity (Wildman–Crippen MR) is 249 cm³/mol. The number of nitro groups is 1. The standard InChI is InChI=1S/C46H51ClN10O6S/c1-46(2)14-12-32(38(25-46)30-4-6-33(47)7-5-30)28-54-16-18-55(19-17-54)34-8-10-37(41(23-34)56-42-22-31-13-15-48-44(31)51-40(42)27-50-56)45(58)52-64(61,62)36-9-11-39(43(24-36)57(59)60)49-26-35-29-53(3)20-21-63-35/h4-11,13,15,22-24,27,35,49H,12,14,16-21,25-26,28-29H2,1-3H3,(H,48,51)(H,52,58)/t35-/m0/s1. The summed E-state index contributed by atoms with van der Waals surface area (Å²) in [5.74, 6) is -0.922. The fourth-order valence-electron chi connectivity index (χ4n) is 9.03. The van der Waals surface area contributed by atoms with Crippen LogP contribution < -0.4 is 14.9 Å². The van der Waals surface area contributed by atoms with Crippen LogP contribution in [-0.2, 0) is 14.8 Å². The number of likely N-dealkylation sites (N-methyl/N-ethyl adjacent to an activating group) is 1. The molecule has 0 spiro atoms. The van der Waals surface area contributed by atoms with E-state index in [1.54, 1.807) is 23.1 Å². The van der Waals surface area contributed by atoms with Crippen molar-refractivity contribution >= 4 is 72.2 Å². The molecule has 16 nitrogen and oxygen atoms in total. The number of aromatic nitrogens is 4. The lowest BCUT2D eigenvalue weighted by molar-refractivity contribution is -0.384. The van der Waals surface area contributed by atoms with Crippen molar-refractivity contribution in [3.05, 3.63) is 117 Å². The number of nitrogens with zero attached hydrogens (tertiary/aromatic N) is 7. The van der Waals surface area contributed by atoms with E-state index in [0.717, 1.165) is 80.7 Å². The number of H-pyrrole nitrogens is 1. The van der Waals surface area contributed by atoms with Crippen LogP contribution in [-0.4, -0.2) is 121 Å². The van der Waals surface area contributed by atoms with Gasteiger partial charge in [0.05, 0.1) is 45.5 Å². The summed E-state index contributed by atoms with van der Waals surface area (Å²) in [4.78, 5) is 40.0. The van der Waals surface area contributed by atoms with Crippen molar-refractivity contribution < 1.29 is 22.9 Å². The Morgan fingerprint density at radius 1 is 1.03 bits per heavy atom. The summed E-state index contributed by atoms with van der Waals surface area (Å²) >= 11 is 6.26. The SMILES string of the molecule is CN1CCO[C@@H](CNc2ccc(S(=O)(=O)NC(=O)c3ccc(N4CCN(CC5=C(c6ccc(Cl)cc6)CC(C)(C)CC5)CC4)cc3-n3ncc4nc5[nH]ccc5cc43)cc2[N+](=O)[O-])C1. The van der Waals surface area contributed by atoms with Gasteiger partial charge in [0.25, 0.3) is 21.6 Å². The molecule has 0 radical (unpaired) electrons. The molecule has 2 aliphatic heterocycles. The Morgan fingerprint density at radius 3 is 2.59 bits per heavy atom. The van der Waals surface area contributed by atoms with Crippen LogP contribution in [0.5, 0.6) is 0 Å². The van der Waals surface area contributed by atoms with Gasteiger partial charge in [-0.1, -0.05) is 43.2 Å². The monoisotopic (exact) mass is 906 g/mol. The van der Waals surface area contributed by atoms with Crippen LogP contribution in [0.1, 0.15) is 49.0 Å². The Morgan fingerprint density at radius 2 is 1.83 bits per heavy atom. The molecule has 0 bridgehead atoms. The van der Waals surface area contributed by atoms with Gasteiger partial charge in [0.1, 0.15) is 16.9 Å². The number of aromatic amines is 1. The van der Waals surface area contributed by atoms with Gasteiger partial charge in [-0.3, -0.25) is 19.8 Å². The van der Waals surface area contributed by atoms with Crippen LogP contribution in [0.2, 0.25) is 5.02 Å². The van der Waals surface area contributed by atoms with E-state index in [4.69, 9.17) is 21.3 Å². The molecule has 2 fully saturated rings. The minimum absolute atomic E-state index is 0.0391. The number of nitro benzene ring substituents is 1. The van der Waals surface area contributed by atoms with E-state index < -0.39 is 31.4 Å². The van der Waals surface area contributed by atoms with E-state index in [9.17, 15) is 23.3 Å². The van der Waals surface area contributed by atoms with Crippen molar-refractivity contribution in [3.8, 4) is 5.69 Å². The van der Waals surface area contributed by atoms with Crippen molar-refractivity contribution in [2.45, 2.75) is 44.1 Å². The van der Waals surface area contributed by atoms with Crippen LogP contribution in [0, 0.1) is 15.5 Å².